The van der Waals surface area contributed by atoms with Crippen LogP contribution >= 0.6 is 15.9 Å². The summed E-state index contributed by atoms with van der Waals surface area (Å²) >= 11 is 3.18. The topological polar surface area (TPSA) is 35.5 Å². The molecule has 0 fully saturated rings. The molecule has 0 N–H and O–H groups in total. The average Bonchev–Trinajstić information content (AvgIpc) is 2.93. The van der Waals surface area contributed by atoms with Gasteiger partial charge in [-0.2, -0.15) is 0 Å². The largest absolute Gasteiger partial charge is 0.454 e. The zero-order chi connectivity index (χ0) is 14.8. The lowest BCUT2D eigenvalue weighted by Gasteiger charge is -2.00. The van der Waals surface area contributed by atoms with E-state index >= 15 is 0 Å². The number of ketones is 1. The van der Waals surface area contributed by atoms with E-state index in [0.717, 1.165) is 0 Å². The van der Waals surface area contributed by atoms with Crippen LogP contribution in [0, 0.1) is 5.82 Å². The van der Waals surface area contributed by atoms with Crippen molar-refractivity contribution in [2.24, 2.45) is 0 Å². The number of carbonyl (C=O) groups excluding carboxylic acids is 1. The van der Waals surface area contributed by atoms with Crippen molar-refractivity contribution < 1.29 is 18.7 Å². The zero-order valence-electron chi connectivity index (χ0n) is 10.8. The molecule has 0 bridgehead atoms. The van der Waals surface area contributed by atoms with Crippen LogP contribution < -0.4 is 9.47 Å². The van der Waals surface area contributed by atoms with Gasteiger partial charge in [-0.25, -0.2) is 4.39 Å². The van der Waals surface area contributed by atoms with Gasteiger partial charge in [-0.3, -0.25) is 4.79 Å². The number of ether oxygens (including phenoxy) is 2. The first kappa shape index (κ1) is 13.8. The standard InChI is InChI=1S/C16H10BrFO3/c17-12-4-1-10(13(18)8-12)2-5-14(19)11-3-6-15-16(7-11)21-9-20-15/h1-8H,9H2. The number of benzene rings is 2. The number of hydrogen-bond donors (Lipinski definition) is 0. The predicted octanol–water partition coefficient (Wildman–Crippen LogP) is 4.21. The third-order valence-electron chi connectivity index (χ3n) is 3.03. The van der Waals surface area contributed by atoms with E-state index < -0.39 is 0 Å². The zero-order valence-corrected chi connectivity index (χ0v) is 12.4. The summed E-state index contributed by atoms with van der Waals surface area (Å²) in [5.41, 5.74) is 0.820. The maximum atomic E-state index is 13.7. The van der Waals surface area contributed by atoms with Crippen molar-refractivity contribution >= 4 is 27.8 Å². The quantitative estimate of drug-likeness (QED) is 0.615. The van der Waals surface area contributed by atoms with E-state index in [4.69, 9.17) is 9.47 Å². The van der Waals surface area contributed by atoms with E-state index in [1.165, 1.54) is 18.2 Å². The van der Waals surface area contributed by atoms with Crippen molar-refractivity contribution in [2.75, 3.05) is 6.79 Å². The predicted molar refractivity (Wildman–Crippen MR) is 80.0 cm³/mol. The van der Waals surface area contributed by atoms with Gasteiger partial charge in [0.05, 0.1) is 0 Å². The monoisotopic (exact) mass is 348 g/mol. The van der Waals surface area contributed by atoms with E-state index in [1.807, 2.05) is 0 Å². The van der Waals surface area contributed by atoms with Crippen LogP contribution in [0.3, 0.4) is 0 Å². The molecule has 2 aromatic carbocycles. The van der Waals surface area contributed by atoms with Crippen molar-refractivity contribution in [3.8, 4) is 11.5 Å². The summed E-state index contributed by atoms with van der Waals surface area (Å²) in [6.07, 6.45) is 2.79. The Bertz CT molecular complexity index is 740. The molecule has 1 aliphatic heterocycles. The maximum absolute atomic E-state index is 13.7. The minimum atomic E-state index is -0.390. The minimum absolute atomic E-state index is 0.160. The third kappa shape index (κ3) is 2.97. The highest BCUT2D eigenvalue weighted by Crippen LogP contribution is 2.32. The van der Waals surface area contributed by atoms with Crippen LogP contribution in [-0.4, -0.2) is 12.6 Å². The second kappa shape index (κ2) is 5.69. The highest BCUT2D eigenvalue weighted by molar-refractivity contribution is 9.10. The molecule has 21 heavy (non-hydrogen) atoms. The Balaban J connectivity index is 1.81. The van der Waals surface area contributed by atoms with Gasteiger partial charge in [0.1, 0.15) is 5.82 Å². The van der Waals surface area contributed by atoms with Crippen LogP contribution in [0.1, 0.15) is 15.9 Å². The van der Waals surface area contributed by atoms with Gasteiger partial charge in [-0.1, -0.05) is 22.0 Å². The molecule has 0 unspecified atom stereocenters. The van der Waals surface area contributed by atoms with Crippen LogP contribution in [0.25, 0.3) is 6.08 Å². The molecule has 0 radical (unpaired) electrons. The molecule has 2 aromatic rings. The highest BCUT2D eigenvalue weighted by Gasteiger charge is 2.15. The lowest BCUT2D eigenvalue weighted by Crippen LogP contribution is -1.94. The molecule has 1 heterocycles. The van der Waals surface area contributed by atoms with Crippen LogP contribution in [-0.2, 0) is 0 Å². The fourth-order valence-electron chi connectivity index (χ4n) is 1.95. The minimum Gasteiger partial charge on any atom is -0.454 e. The van der Waals surface area contributed by atoms with Gasteiger partial charge in [0, 0.05) is 15.6 Å². The Hall–Kier alpha value is -2.14. The summed E-state index contributed by atoms with van der Waals surface area (Å²) in [6.45, 7) is 0.160. The Morgan fingerprint density at radius 2 is 1.95 bits per heavy atom. The van der Waals surface area contributed by atoms with Crippen LogP contribution in [0.4, 0.5) is 4.39 Å². The van der Waals surface area contributed by atoms with Gasteiger partial charge < -0.3 is 9.47 Å². The lowest BCUT2D eigenvalue weighted by atomic mass is 10.1. The molecule has 0 aromatic heterocycles. The Morgan fingerprint density at radius 3 is 2.76 bits per heavy atom. The molecule has 106 valence electrons. The molecule has 0 aliphatic carbocycles. The first-order chi connectivity index (χ1) is 10.1. The number of carbonyl (C=O) groups is 1. The van der Waals surface area contributed by atoms with E-state index in [0.29, 0.717) is 27.1 Å². The molecule has 0 saturated heterocycles. The lowest BCUT2D eigenvalue weighted by molar-refractivity contribution is 0.104. The Labute approximate surface area is 129 Å². The van der Waals surface area contributed by atoms with E-state index in [1.54, 1.807) is 30.3 Å². The highest BCUT2D eigenvalue weighted by atomic mass is 79.9. The Kier molecular flexibility index (Phi) is 3.75. The molecule has 0 amide bonds. The maximum Gasteiger partial charge on any atom is 0.231 e. The molecule has 0 atom stereocenters. The average molecular weight is 349 g/mol. The van der Waals surface area contributed by atoms with Gasteiger partial charge in [-0.15, -0.1) is 0 Å². The first-order valence-corrected chi connectivity index (χ1v) is 7.00. The second-order valence-corrected chi connectivity index (χ2v) is 5.35. The van der Waals surface area contributed by atoms with Crippen LogP contribution in [0.15, 0.2) is 46.9 Å². The number of allylic oxidation sites excluding steroid dienone is 1. The SMILES string of the molecule is O=C(C=Cc1ccc(Br)cc1F)c1ccc2c(c1)OCO2. The Morgan fingerprint density at radius 1 is 1.14 bits per heavy atom. The molecular weight excluding hydrogens is 339 g/mol. The molecule has 5 heteroatoms. The van der Waals surface area contributed by atoms with Crippen LogP contribution in [0.2, 0.25) is 0 Å². The number of hydrogen-bond acceptors (Lipinski definition) is 3. The van der Waals surface area contributed by atoms with Crippen molar-refractivity contribution in [3.05, 3.63) is 63.9 Å². The van der Waals surface area contributed by atoms with Gasteiger partial charge in [0.2, 0.25) is 6.79 Å². The number of fused-ring (bicyclic) bond motifs is 1. The molecular formula is C16H10BrFO3. The molecule has 0 saturated carbocycles. The molecule has 3 nitrogen and oxygen atoms in total. The summed E-state index contributed by atoms with van der Waals surface area (Å²) in [6, 6.07) is 9.62. The smallest absolute Gasteiger partial charge is 0.231 e. The number of halogens is 2. The number of rotatable bonds is 3. The summed E-state index contributed by atoms with van der Waals surface area (Å²) in [5.74, 6) is 0.549. The van der Waals surface area contributed by atoms with Gasteiger partial charge >= 0.3 is 0 Å². The fraction of sp³-hybridized carbons (Fsp3) is 0.0625. The second-order valence-electron chi connectivity index (χ2n) is 4.43. The summed E-state index contributed by atoms with van der Waals surface area (Å²) < 4.78 is 24.7. The summed E-state index contributed by atoms with van der Waals surface area (Å²) in [4.78, 5) is 12.1. The van der Waals surface area contributed by atoms with E-state index in [9.17, 15) is 9.18 Å². The van der Waals surface area contributed by atoms with Crippen molar-refractivity contribution in [3.63, 3.8) is 0 Å². The molecule has 1 aliphatic rings. The third-order valence-corrected chi connectivity index (χ3v) is 3.53. The summed E-state index contributed by atoms with van der Waals surface area (Å²) in [7, 11) is 0. The fourth-order valence-corrected chi connectivity index (χ4v) is 2.28. The molecule has 0 spiro atoms. The van der Waals surface area contributed by atoms with Crippen molar-refractivity contribution in [1.82, 2.24) is 0 Å². The van der Waals surface area contributed by atoms with E-state index in [-0.39, 0.29) is 18.4 Å². The van der Waals surface area contributed by atoms with Gasteiger partial charge in [0.25, 0.3) is 0 Å². The van der Waals surface area contributed by atoms with E-state index in [2.05, 4.69) is 15.9 Å². The van der Waals surface area contributed by atoms with Gasteiger partial charge in [0.15, 0.2) is 17.3 Å². The van der Waals surface area contributed by atoms with Crippen molar-refractivity contribution in [1.29, 1.82) is 0 Å². The molecule has 3 rings (SSSR count). The summed E-state index contributed by atoms with van der Waals surface area (Å²) in [5, 5.41) is 0. The van der Waals surface area contributed by atoms with Crippen LogP contribution in [0.5, 0.6) is 11.5 Å². The first-order valence-electron chi connectivity index (χ1n) is 6.20. The van der Waals surface area contributed by atoms with Crippen molar-refractivity contribution in [2.45, 2.75) is 0 Å². The van der Waals surface area contributed by atoms with Gasteiger partial charge in [-0.05, 0) is 42.5 Å². The normalized spacial score (nSPS) is 12.9.